The molecule has 0 saturated carbocycles. The molecular weight excluding hydrogens is 402 g/mol. The highest BCUT2D eigenvalue weighted by atomic mass is 79.9. The number of carbonyl (C=O) groups is 1. The van der Waals surface area contributed by atoms with Crippen molar-refractivity contribution >= 4 is 44.4 Å². The third-order valence-corrected chi connectivity index (χ3v) is 5.24. The molecule has 0 fully saturated rings. The van der Waals surface area contributed by atoms with Crippen LogP contribution in [0.25, 0.3) is 10.9 Å². The Labute approximate surface area is 159 Å². The van der Waals surface area contributed by atoms with Crippen molar-refractivity contribution in [3.63, 3.8) is 0 Å². The first-order valence-electron chi connectivity index (χ1n) is 7.96. The van der Waals surface area contributed by atoms with Crippen molar-refractivity contribution in [3.05, 3.63) is 81.4 Å². The van der Waals surface area contributed by atoms with Gasteiger partial charge >= 0.3 is 5.97 Å². The van der Waals surface area contributed by atoms with Gasteiger partial charge in [0.15, 0.2) is 0 Å². The number of halogens is 2. The molecule has 0 radical (unpaired) electrons. The predicted molar refractivity (Wildman–Crippen MR) is 105 cm³/mol. The number of benzene rings is 2. The van der Waals surface area contributed by atoms with Gasteiger partial charge in [0.1, 0.15) is 0 Å². The van der Waals surface area contributed by atoms with Crippen molar-refractivity contribution in [1.29, 1.82) is 0 Å². The maximum Gasteiger partial charge on any atom is 0.327 e. The first-order chi connectivity index (χ1) is 12.1. The van der Waals surface area contributed by atoms with Crippen molar-refractivity contribution in [2.24, 2.45) is 0 Å². The van der Waals surface area contributed by atoms with Gasteiger partial charge in [0, 0.05) is 35.0 Å². The summed E-state index contributed by atoms with van der Waals surface area (Å²) in [6.45, 7) is 0.714. The fraction of sp³-hybridized carbons (Fsp3) is 0.150. The molecule has 2 aromatic carbocycles. The van der Waals surface area contributed by atoms with Crippen molar-refractivity contribution in [2.45, 2.75) is 19.4 Å². The Bertz CT molecular complexity index is 929. The number of nitrogens with zero attached hydrogens (tertiary/aromatic N) is 1. The first kappa shape index (κ1) is 17.8. The average Bonchev–Trinajstić information content (AvgIpc) is 2.86. The molecule has 0 unspecified atom stereocenters. The van der Waals surface area contributed by atoms with E-state index in [-0.39, 0.29) is 0 Å². The molecule has 0 aliphatic heterocycles. The van der Waals surface area contributed by atoms with Crippen LogP contribution < -0.4 is 0 Å². The van der Waals surface area contributed by atoms with Crippen molar-refractivity contribution in [1.82, 2.24) is 4.57 Å². The monoisotopic (exact) mass is 417 g/mol. The Morgan fingerprint density at radius 1 is 1.16 bits per heavy atom. The number of aromatic nitrogens is 1. The molecule has 0 atom stereocenters. The molecule has 0 bridgehead atoms. The minimum atomic E-state index is -0.917. The van der Waals surface area contributed by atoms with Gasteiger partial charge in [0.2, 0.25) is 0 Å². The summed E-state index contributed by atoms with van der Waals surface area (Å²) in [6, 6.07) is 16.1. The minimum Gasteiger partial charge on any atom is -0.478 e. The average molecular weight is 419 g/mol. The Balaban J connectivity index is 1.94. The zero-order valence-electron chi connectivity index (χ0n) is 13.5. The summed E-state index contributed by atoms with van der Waals surface area (Å²) in [6.07, 6.45) is 4.33. The standard InChI is InChI=1S/C20H17BrClNO2/c21-20-17(13-14-8-10-15(22)11-9-14)16-5-1-2-6-18(16)23(20)12-4-3-7-19(24)25/h1-3,5-11H,4,12-13H2,(H,24,25)/b7-3+. The zero-order valence-corrected chi connectivity index (χ0v) is 15.8. The van der Waals surface area contributed by atoms with E-state index in [4.69, 9.17) is 16.7 Å². The minimum absolute atomic E-state index is 0.657. The molecule has 1 aromatic heterocycles. The molecule has 0 amide bonds. The summed E-state index contributed by atoms with van der Waals surface area (Å²) in [7, 11) is 0. The van der Waals surface area contributed by atoms with E-state index in [2.05, 4.69) is 32.6 Å². The number of rotatable bonds is 6. The molecule has 1 N–H and O–H groups in total. The van der Waals surface area contributed by atoms with Gasteiger partial charge in [0.25, 0.3) is 0 Å². The molecule has 1 heterocycles. The molecule has 128 valence electrons. The number of carboxylic acid groups (broad SMARTS) is 1. The molecule has 25 heavy (non-hydrogen) atoms. The van der Waals surface area contributed by atoms with Crippen LogP contribution in [-0.4, -0.2) is 15.6 Å². The molecular formula is C20H17BrClNO2. The van der Waals surface area contributed by atoms with E-state index in [1.165, 1.54) is 22.6 Å². The van der Waals surface area contributed by atoms with E-state index in [0.717, 1.165) is 21.6 Å². The largest absolute Gasteiger partial charge is 0.478 e. The number of hydrogen-bond donors (Lipinski definition) is 1. The molecule has 0 aliphatic rings. The molecule has 3 nitrogen and oxygen atoms in total. The SMILES string of the molecule is O=C(O)/C=C/CCn1c(Br)c(Cc2ccc(Cl)cc2)c2ccccc21. The van der Waals surface area contributed by atoms with Crippen molar-refractivity contribution in [3.8, 4) is 0 Å². The summed E-state index contributed by atoms with van der Waals surface area (Å²) in [5.41, 5.74) is 3.56. The number of fused-ring (bicyclic) bond motifs is 1. The van der Waals surface area contributed by atoms with Gasteiger partial charge in [-0.05, 0) is 51.7 Å². The van der Waals surface area contributed by atoms with Crippen LogP contribution in [0.4, 0.5) is 0 Å². The fourth-order valence-corrected chi connectivity index (χ4v) is 3.77. The van der Waals surface area contributed by atoms with Crippen molar-refractivity contribution < 1.29 is 9.90 Å². The maximum atomic E-state index is 10.6. The molecule has 0 spiro atoms. The van der Waals surface area contributed by atoms with E-state index >= 15 is 0 Å². The number of allylic oxidation sites excluding steroid dienone is 1. The number of aryl methyl sites for hydroxylation is 1. The topological polar surface area (TPSA) is 42.2 Å². The summed E-state index contributed by atoms with van der Waals surface area (Å²) < 4.78 is 3.22. The maximum absolute atomic E-state index is 10.6. The van der Waals surface area contributed by atoms with Crippen LogP contribution in [0.2, 0.25) is 5.02 Å². The van der Waals surface area contributed by atoms with Crippen LogP contribution in [0.1, 0.15) is 17.5 Å². The second kappa shape index (κ2) is 7.89. The van der Waals surface area contributed by atoms with E-state index in [1.54, 1.807) is 6.08 Å². The van der Waals surface area contributed by atoms with Crippen LogP contribution in [0.5, 0.6) is 0 Å². The summed E-state index contributed by atoms with van der Waals surface area (Å²) in [5, 5.41) is 10.6. The highest BCUT2D eigenvalue weighted by molar-refractivity contribution is 9.10. The van der Waals surface area contributed by atoms with E-state index in [0.29, 0.717) is 13.0 Å². The fourth-order valence-electron chi connectivity index (χ4n) is 2.92. The molecule has 5 heteroatoms. The van der Waals surface area contributed by atoms with Gasteiger partial charge < -0.3 is 9.67 Å². The third kappa shape index (κ3) is 4.14. The van der Waals surface area contributed by atoms with E-state index < -0.39 is 5.97 Å². The number of aliphatic carboxylic acids is 1. The van der Waals surface area contributed by atoms with Gasteiger partial charge in [-0.1, -0.05) is 48.0 Å². The Kier molecular flexibility index (Phi) is 5.61. The summed E-state index contributed by atoms with van der Waals surface area (Å²) in [5.74, 6) is -0.917. The highest BCUT2D eigenvalue weighted by Gasteiger charge is 2.15. The van der Waals surface area contributed by atoms with Gasteiger partial charge in [-0.25, -0.2) is 4.79 Å². The quantitative estimate of drug-likeness (QED) is 0.523. The molecule has 3 rings (SSSR count). The lowest BCUT2D eigenvalue weighted by atomic mass is 10.0. The number of carboxylic acids is 1. The van der Waals surface area contributed by atoms with Crippen molar-refractivity contribution in [2.75, 3.05) is 0 Å². The highest BCUT2D eigenvalue weighted by Crippen LogP contribution is 2.32. The van der Waals surface area contributed by atoms with E-state index in [1.807, 2.05) is 36.4 Å². The second-order valence-corrected chi connectivity index (χ2v) is 6.96. The normalized spacial score (nSPS) is 11.4. The smallest absolute Gasteiger partial charge is 0.327 e. The zero-order chi connectivity index (χ0) is 17.8. The van der Waals surface area contributed by atoms with Gasteiger partial charge in [-0.15, -0.1) is 0 Å². The predicted octanol–water partition coefficient (Wildman–Crippen LogP) is 5.68. The van der Waals surface area contributed by atoms with Gasteiger partial charge in [-0.2, -0.15) is 0 Å². The van der Waals surface area contributed by atoms with Gasteiger partial charge in [-0.3, -0.25) is 0 Å². The number of hydrogen-bond acceptors (Lipinski definition) is 1. The molecule has 0 aliphatic carbocycles. The third-order valence-electron chi connectivity index (χ3n) is 4.08. The molecule has 0 saturated heterocycles. The summed E-state index contributed by atoms with van der Waals surface area (Å²) >= 11 is 9.72. The Morgan fingerprint density at radius 2 is 1.88 bits per heavy atom. The van der Waals surface area contributed by atoms with Crippen LogP contribution in [0, 0.1) is 0 Å². The van der Waals surface area contributed by atoms with Gasteiger partial charge in [0.05, 0.1) is 4.60 Å². The van der Waals surface area contributed by atoms with Crippen LogP contribution in [0.3, 0.4) is 0 Å². The lowest BCUT2D eigenvalue weighted by Crippen LogP contribution is -1.98. The van der Waals surface area contributed by atoms with Crippen LogP contribution in [0.15, 0.2) is 65.3 Å². The molecule has 3 aromatic rings. The number of para-hydroxylation sites is 1. The van der Waals surface area contributed by atoms with E-state index in [9.17, 15) is 4.79 Å². The summed E-state index contributed by atoms with van der Waals surface area (Å²) in [4.78, 5) is 10.6. The lowest BCUT2D eigenvalue weighted by Gasteiger charge is -2.06. The van der Waals surface area contributed by atoms with Crippen LogP contribution >= 0.6 is 27.5 Å². The first-order valence-corrected chi connectivity index (χ1v) is 9.13. The second-order valence-electron chi connectivity index (χ2n) is 5.77. The Hall–Kier alpha value is -2.04. The van der Waals surface area contributed by atoms with Crippen LogP contribution in [-0.2, 0) is 17.8 Å². The Morgan fingerprint density at radius 3 is 2.60 bits per heavy atom. The lowest BCUT2D eigenvalue weighted by molar-refractivity contribution is -0.131.